The summed E-state index contributed by atoms with van der Waals surface area (Å²) in [4.78, 5) is -0.287. The summed E-state index contributed by atoms with van der Waals surface area (Å²) in [6.45, 7) is 0.448. The van der Waals surface area contributed by atoms with Crippen molar-refractivity contribution in [3.63, 3.8) is 0 Å². The van der Waals surface area contributed by atoms with E-state index in [0.717, 1.165) is 6.07 Å². The zero-order chi connectivity index (χ0) is 15.3. The predicted octanol–water partition coefficient (Wildman–Crippen LogP) is 2.52. The molecule has 0 fully saturated rings. The minimum atomic E-state index is -4.51. The van der Waals surface area contributed by atoms with E-state index in [2.05, 4.69) is 17.5 Å². The molecular weight excluding hydrogens is 309 g/mol. The molecule has 1 atom stereocenters. The van der Waals surface area contributed by atoms with Crippen molar-refractivity contribution in [3.8, 4) is 0 Å². The summed E-state index contributed by atoms with van der Waals surface area (Å²) in [6.07, 6.45) is -2.32. The molecular formula is C12H15F3N2OS2. The Bertz CT molecular complexity index is 518. The fourth-order valence-corrected chi connectivity index (χ4v) is 2.34. The van der Waals surface area contributed by atoms with Gasteiger partial charge in [-0.05, 0) is 24.6 Å². The topological polar surface area (TPSA) is 55.1 Å². The third kappa shape index (κ3) is 5.09. The number of halogens is 3. The van der Waals surface area contributed by atoms with E-state index in [-0.39, 0.29) is 10.6 Å². The van der Waals surface area contributed by atoms with Gasteiger partial charge in [0.1, 0.15) is 4.99 Å². The summed E-state index contributed by atoms with van der Waals surface area (Å²) in [6, 6.07) is 3.73. The summed E-state index contributed by atoms with van der Waals surface area (Å²) in [7, 11) is -0.905. The van der Waals surface area contributed by atoms with Gasteiger partial charge >= 0.3 is 6.18 Å². The van der Waals surface area contributed by atoms with E-state index >= 15 is 0 Å². The van der Waals surface area contributed by atoms with E-state index in [0.29, 0.717) is 24.4 Å². The van der Waals surface area contributed by atoms with Gasteiger partial charge < -0.3 is 11.1 Å². The summed E-state index contributed by atoms with van der Waals surface area (Å²) < 4.78 is 49.6. The molecule has 112 valence electrons. The first kappa shape index (κ1) is 16.9. The smallest absolute Gasteiger partial charge is 0.389 e. The lowest BCUT2D eigenvalue weighted by Crippen LogP contribution is -2.18. The maximum Gasteiger partial charge on any atom is 0.417 e. The number of hydrogen-bond acceptors (Lipinski definition) is 3. The molecule has 0 radical (unpaired) electrons. The second kappa shape index (κ2) is 7.03. The number of nitrogens with one attached hydrogen (secondary N) is 1. The Kier molecular flexibility index (Phi) is 5.94. The van der Waals surface area contributed by atoms with Gasteiger partial charge in [0.05, 0.1) is 5.56 Å². The van der Waals surface area contributed by atoms with Gasteiger partial charge in [0, 0.05) is 40.6 Å². The maximum atomic E-state index is 12.9. The van der Waals surface area contributed by atoms with Crippen molar-refractivity contribution in [1.82, 2.24) is 0 Å². The molecule has 0 aliphatic rings. The molecule has 0 bridgehead atoms. The van der Waals surface area contributed by atoms with Gasteiger partial charge in [-0.3, -0.25) is 4.21 Å². The number of rotatable bonds is 6. The summed E-state index contributed by atoms with van der Waals surface area (Å²) in [5.74, 6) is 0.504. The van der Waals surface area contributed by atoms with Crippen molar-refractivity contribution in [1.29, 1.82) is 0 Å². The number of thiocarbonyl (C=S) groups is 1. The third-order valence-corrected chi connectivity index (χ3v) is 3.61. The molecule has 0 amide bonds. The van der Waals surface area contributed by atoms with Gasteiger partial charge in [-0.1, -0.05) is 12.2 Å². The summed E-state index contributed by atoms with van der Waals surface area (Å²) in [5, 5.41) is 2.86. The zero-order valence-corrected chi connectivity index (χ0v) is 12.4. The Hall–Kier alpha value is -1.15. The van der Waals surface area contributed by atoms with Crippen LogP contribution in [0.5, 0.6) is 0 Å². The maximum absolute atomic E-state index is 12.9. The lowest BCUT2D eigenvalue weighted by atomic mass is 10.1. The third-order valence-electron chi connectivity index (χ3n) is 2.53. The molecule has 3 nitrogen and oxygen atoms in total. The van der Waals surface area contributed by atoms with Crippen molar-refractivity contribution in [2.75, 3.05) is 23.9 Å². The normalized spacial score (nSPS) is 13.0. The van der Waals surface area contributed by atoms with Gasteiger partial charge in [-0.25, -0.2) is 0 Å². The van der Waals surface area contributed by atoms with E-state index in [1.807, 2.05) is 0 Å². The van der Waals surface area contributed by atoms with Crippen LogP contribution in [0.4, 0.5) is 18.9 Å². The molecule has 1 aromatic rings. The molecule has 1 unspecified atom stereocenters. The van der Waals surface area contributed by atoms with Crippen LogP contribution >= 0.6 is 12.2 Å². The Labute approximate surface area is 123 Å². The van der Waals surface area contributed by atoms with Crippen molar-refractivity contribution in [2.45, 2.75) is 12.6 Å². The number of nitrogens with two attached hydrogens (primary N) is 1. The number of benzene rings is 1. The molecule has 0 saturated carbocycles. The van der Waals surface area contributed by atoms with E-state index < -0.39 is 22.5 Å². The van der Waals surface area contributed by atoms with Gasteiger partial charge in [0.15, 0.2) is 0 Å². The van der Waals surface area contributed by atoms with E-state index in [1.54, 1.807) is 6.26 Å². The quantitative estimate of drug-likeness (QED) is 0.624. The highest BCUT2D eigenvalue weighted by molar-refractivity contribution is 7.84. The van der Waals surface area contributed by atoms with E-state index in [9.17, 15) is 17.4 Å². The van der Waals surface area contributed by atoms with Crippen molar-refractivity contribution in [2.24, 2.45) is 5.73 Å². The molecule has 1 aromatic carbocycles. The Balaban J connectivity index is 2.85. The van der Waals surface area contributed by atoms with Crippen LogP contribution in [0.1, 0.15) is 17.5 Å². The molecule has 0 saturated heterocycles. The van der Waals surface area contributed by atoms with Crippen LogP contribution in [-0.2, 0) is 17.0 Å². The second-order valence-electron chi connectivity index (χ2n) is 4.18. The van der Waals surface area contributed by atoms with Gasteiger partial charge in [0.2, 0.25) is 0 Å². The van der Waals surface area contributed by atoms with Crippen molar-refractivity contribution < 1.29 is 17.4 Å². The molecule has 0 aliphatic heterocycles. The summed E-state index contributed by atoms with van der Waals surface area (Å²) >= 11 is 4.62. The van der Waals surface area contributed by atoms with Crippen LogP contribution in [0.25, 0.3) is 0 Å². The van der Waals surface area contributed by atoms with E-state index in [1.165, 1.54) is 12.1 Å². The standard InChI is InChI=1S/C12H15F3N2OS2/c1-20(18)6-2-5-17-8-3-4-9(11(16)19)10(7-8)12(13,14)15/h3-4,7,17H,2,5-6H2,1H3,(H2,16,19). The fourth-order valence-electron chi connectivity index (χ4n) is 1.61. The Morgan fingerprint density at radius 2 is 2.10 bits per heavy atom. The average Bonchev–Trinajstić information content (AvgIpc) is 2.33. The Morgan fingerprint density at radius 1 is 1.45 bits per heavy atom. The molecule has 8 heteroatoms. The highest BCUT2D eigenvalue weighted by atomic mass is 32.2. The van der Waals surface area contributed by atoms with Crippen LogP contribution in [0.3, 0.4) is 0 Å². The lowest BCUT2D eigenvalue weighted by molar-refractivity contribution is -0.137. The molecule has 1 rings (SSSR count). The molecule has 20 heavy (non-hydrogen) atoms. The second-order valence-corrected chi connectivity index (χ2v) is 6.17. The van der Waals surface area contributed by atoms with Crippen molar-refractivity contribution in [3.05, 3.63) is 29.3 Å². The van der Waals surface area contributed by atoms with Crippen molar-refractivity contribution >= 4 is 33.7 Å². The van der Waals surface area contributed by atoms with Crippen LogP contribution in [-0.4, -0.2) is 27.8 Å². The summed E-state index contributed by atoms with van der Waals surface area (Å²) in [5.41, 5.74) is 4.59. The average molecular weight is 324 g/mol. The lowest BCUT2D eigenvalue weighted by Gasteiger charge is -2.14. The first-order chi connectivity index (χ1) is 9.21. The Morgan fingerprint density at radius 3 is 2.60 bits per heavy atom. The molecule has 0 aliphatic carbocycles. The first-order valence-electron chi connectivity index (χ1n) is 5.76. The number of hydrogen-bond donors (Lipinski definition) is 2. The van der Waals surface area contributed by atoms with Gasteiger partial charge in [-0.2, -0.15) is 13.2 Å². The molecule has 0 spiro atoms. The monoisotopic (exact) mass is 324 g/mol. The van der Waals surface area contributed by atoms with Crippen LogP contribution in [0.15, 0.2) is 18.2 Å². The fraction of sp³-hybridized carbons (Fsp3) is 0.417. The SMILES string of the molecule is CS(=O)CCCNc1ccc(C(N)=S)c(C(F)(F)F)c1. The number of alkyl halides is 3. The zero-order valence-electron chi connectivity index (χ0n) is 10.8. The minimum Gasteiger partial charge on any atom is -0.389 e. The van der Waals surface area contributed by atoms with E-state index in [4.69, 9.17) is 5.73 Å². The number of anilines is 1. The van der Waals surface area contributed by atoms with Crippen LogP contribution in [0, 0.1) is 0 Å². The minimum absolute atomic E-state index is 0.187. The molecule has 3 N–H and O–H groups in total. The highest BCUT2D eigenvalue weighted by Gasteiger charge is 2.34. The predicted molar refractivity (Wildman–Crippen MR) is 79.4 cm³/mol. The largest absolute Gasteiger partial charge is 0.417 e. The molecule has 0 heterocycles. The van der Waals surface area contributed by atoms with Gasteiger partial charge in [0.25, 0.3) is 0 Å². The first-order valence-corrected chi connectivity index (χ1v) is 7.90. The van der Waals surface area contributed by atoms with Crippen LogP contribution in [0.2, 0.25) is 0 Å². The molecule has 0 aromatic heterocycles. The highest BCUT2D eigenvalue weighted by Crippen LogP contribution is 2.33. The van der Waals surface area contributed by atoms with Gasteiger partial charge in [-0.15, -0.1) is 0 Å². The van der Waals surface area contributed by atoms with Crippen LogP contribution < -0.4 is 11.1 Å².